The van der Waals surface area contributed by atoms with E-state index in [1.807, 2.05) is 18.3 Å². The minimum atomic E-state index is -0.290. The molecule has 0 radical (unpaired) electrons. The number of nitrogen functional groups attached to an aromatic ring is 2. The fourth-order valence-corrected chi connectivity index (χ4v) is 6.88. The van der Waals surface area contributed by atoms with E-state index in [-0.39, 0.29) is 44.0 Å². The van der Waals surface area contributed by atoms with Gasteiger partial charge in [0.15, 0.2) is 11.2 Å². The molecule has 2 amide bonds. The van der Waals surface area contributed by atoms with Gasteiger partial charge in [-0.3, -0.25) is 9.59 Å². The molecule has 5 aromatic heterocycles. The van der Waals surface area contributed by atoms with Crippen LogP contribution in [0.2, 0.25) is 0 Å². The molecule has 1 fully saturated rings. The summed E-state index contributed by atoms with van der Waals surface area (Å²) in [4.78, 5) is 60.4. The normalized spacial score (nSPS) is 14.2. The number of amides is 2. The molecule has 1 aromatic carbocycles. The number of piperazine rings is 1. The van der Waals surface area contributed by atoms with Gasteiger partial charge < -0.3 is 46.4 Å². The zero-order chi connectivity index (χ0) is 39.1. The molecule has 0 bridgehead atoms. The number of aromatic nitrogens is 9. The Kier molecular flexibility index (Phi) is 11.2. The van der Waals surface area contributed by atoms with Crippen molar-refractivity contribution in [2.24, 2.45) is 0 Å². The maximum atomic E-state index is 12.7. The third-order valence-corrected chi connectivity index (χ3v) is 9.90. The highest BCUT2D eigenvalue weighted by molar-refractivity contribution is 5.99. The number of ether oxygens (including phenoxy) is 1. The highest BCUT2D eigenvalue weighted by Crippen LogP contribution is 2.32. The van der Waals surface area contributed by atoms with Gasteiger partial charge in [0, 0.05) is 101 Å². The van der Waals surface area contributed by atoms with E-state index in [0.29, 0.717) is 58.2 Å². The molecule has 6 aromatic rings. The van der Waals surface area contributed by atoms with Crippen LogP contribution in [0.25, 0.3) is 33.4 Å². The summed E-state index contributed by atoms with van der Waals surface area (Å²) in [6.07, 6.45) is 9.01. The van der Waals surface area contributed by atoms with Gasteiger partial charge in [0.2, 0.25) is 17.8 Å². The predicted octanol–water partition coefficient (Wildman–Crippen LogP) is 1.08. The molecule has 0 saturated carbocycles. The van der Waals surface area contributed by atoms with Crippen LogP contribution in [0.3, 0.4) is 0 Å². The number of carbonyl (C=O) groups excluding carboxylic acids is 2. The Morgan fingerprint density at radius 2 is 1.70 bits per heavy atom. The number of nitrogens with one attached hydrogen (secondary N) is 3. The lowest BCUT2D eigenvalue weighted by atomic mass is 10.1. The number of rotatable bonds is 15. The summed E-state index contributed by atoms with van der Waals surface area (Å²) in [5.41, 5.74) is 17.9. The maximum absolute atomic E-state index is 12.7. The topological polar surface area (TPSA) is 259 Å². The van der Waals surface area contributed by atoms with Gasteiger partial charge in [-0.15, -0.1) is 0 Å². The number of hydrogen-bond donors (Lipinski definition) is 5. The van der Waals surface area contributed by atoms with Gasteiger partial charge in [-0.25, -0.2) is 34.6 Å². The van der Waals surface area contributed by atoms with Crippen LogP contribution in [0.4, 0.5) is 23.7 Å². The summed E-state index contributed by atoms with van der Waals surface area (Å²) >= 11 is 0. The van der Waals surface area contributed by atoms with Crippen LogP contribution >= 0.6 is 0 Å². The quantitative estimate of drug-likeness (QED) is 0.0914. The van der Waals surface area contributed by atoms with E-state index >= 15 is 0 Å². The number of anilines is 4. The van der Waals surface area contributed by atoms with Gasteiger partial charge in [0.25, 0.3) is 11.9 Å². The van der Waals surface area contributed by atoms with Gasteiger partial charge in [0.1, 0.15) is 23.4 Å². The Bertz CT molecular complexity index is 2360. The van der Waals surface area contributed by atoms with Crippen LogP contribution in [0, 0.1) is 0 Å². The first-order valence-corrected chi connectivity index (χ1v) is 19.0. The number of oxazole rings is 1. The van der Waals surface area contributed by atoms with Crippen molar-refractivity contribution in [3.8, 4) is 11.3 Å². The second-order valence-corrected chi connectivity index (χ2v) is 13.8. The van der Waals surface area contributed by atoms with Crippen molar-refractivity contribution in [1.29, 1.82) is 0 Å². The molecular weight excluding hydrogens is 733 g/mol. The number of nitrogens with two attached hydrogens (primary N) is 2. The summed E-state index contributed by atoms with van der Waals surface area (Å²) in [6, 6.07) is 5.58. The zero-order valence-electron chi connectivity index (χ0n) is 31.4. The van der Waals surface area contributed by atoms with Crippen molar-refractivity contribution < 1.29 is 18.7 Å². The third kappa shape index (κ3) is 8.65. The number of hydrogen-bond acceptors (Lipinski definition) is 17. The van der Waals surface area contributed by atoms with Crippen molar-refractivity contribution in [3.63, 3.8) is 0 Å². The molecule has 2 aliphatic heterocycles. The van der Waals surface area contributed by atoms with Crippen LogP contribution in [0.15, 0.2) is 47.5 Å². The van der Waals surface area contributed by atoms with E-state index in [0.717, 1.165) is 75.7 Å². The zero-order valence-corrected chi connectivity index (χ0v) is 31.4. The monoisotopic (exact) mass is 776 g/mol. The van der Waals surface area contributed by atoms with E-state index in [1.165, 1.54) is 24.3 Å². The molecule has 7 N–H and O–H groups in total. The SMILES string of the molecule is Nc1nc2cc(-c3nn(CCCCNC(=O)CCOCCNC(=O)c4cnc(N5CCN(c6ncc7c(n6)CCNC7)CC5)nc4)c4ncnc(N)c34)ccc2o1. The Hall–Kier alpha value is -6.54. The molecule has 0 atom stereocenters. The fraction of sp³-hybridized carbons (Fsp3) is 0.405. The smallest absolute Gasteiger partial charge is 0.292 e. The molecule has 0 spiro atoms. The summed E-state index contributed by atoms with van der Waals surface area (Å²) in [5.74, 6) is 1.27. The van der Waals surface area contributed by atoms with E-state index in [9.17, 15) is 9.59 Å². The lowest BCUT2D eigenvalue weighted by Gasteiger charge is -2.35. The Morgan fingerprint density at radius 1 is 0.895 bits per heavy atom. The molecule has 0 unspecified atom stereocenters. The molecule has 57 heavy (non-hydrogen) atoms. The van der Waals surface area contributed by atoms with E-state index < -0.39 is 0 Å². The Labute approximate surface area is 326 Å². The number of benzene rings is 1. The number of carbonyl (C=O) groups is 2. The van der Waals surface area contributed by atoms with Gasteiger partial charge >= 0.3 is 0 Å². The van der Waals surface area contributed by atoms with E-state index in [2.05, 4.69) is 55.7 Å². The van der Waals surface area contributed by atoms with Crippen molar-refractivity contribution in [2.45, 2.75) is 38.8 Å². The Balaban J connectivity index is 0.702. The second-order valence-electron chi connectivity index (χ2n) is 13.8. The van der Waals surface area contributed by atoms with Crippen LogP contribution in [0.1, 0.15) is 40.9 Å². The molecule has 0 aliphatic carbocycles. The van der Waals surface area contributed by atoms with Gasteiger partial charge in [-0.2, -0.15) is 10.1 Å². The molecular formula is C37H44N16O4. The summed E-state index contributed by atoms with van der Waals surface area (Å²) < 4.78 is 12.8. The largest absolute Gasteiger partial charge is 0.424 e. The van der Waals surface area contributed by atoms with Crippen LogP contribution in [-0.2, 0) is 29.0 Å². The number of fused-ring (bicyclic) bond motifs is 3. The number of nitrogens with zero attached hydrogens (tertiary/aromatic N) is 11. The van der Waals surface area contributed by atoms with Gasteiger partial charge in [0.05, 0.1) is 29.9 Å². The highest BCUT2D eigenvalue weighted by atomic mass is 16.5. The van der Waals surface area contributed by atoms with E-state index in [1.54, 1.807) is 10.7 Å². The molecule has 296 valence electrons. The Morgan fingerprint density at radius 3 is 2.54 bits per heavy atom. The maximum Gasteiger partial charge on any atom is 0.292 e. The molecule has 20 nitrogen and oxygen atoms in total. The third-order valence-electron chi connectivity index (χ3n) is 9.90. The summed E-state index contributed by atoms with van der Waals surface area (Å²) in [5, 5.41) is 14.5. The van der Waals surface area contributed by atoms with Crippen LogP contribution in [-0.4, -0.2) is 116 Å². The molecule has 1 saturated heterocycles. The van der Waals surface area contributed by atoms with E-state index in [4.69, 9.17) is 30.7 Å². The average Bonchev–Trinajstić information content (AvgIpc) is 3.81. The standard InChI is InChI=1S/C37H44N16O4/c38-32-30-31(23-3-4-28-27(17-23)48-35(39)57-28)50-53(33(30)47-22-46-32)10-2-1-7-41-29(54)6-15-56-16-9-42-34(55)25-20-43-36(44-21-25)51-11-13-52(14-12-51)37-45-19-24-18-40-8-5-26(24)49-37/h3-4,17,19-22,40H,1-2,5-16,18H2,(H2,39,48)(H,41,54)(H,42,55)(H2,38,46,47). The van der Waals surface area contributed by atoms with Crippen molar-refractivity contribution in [1.82, 2.24) is 60.6 Å². The lowest BCUT2D eigenvalue weighted by molar-refractivity contribution is -0.122. The molecule has 2 aliphatic rings. The first-order chi connectivity index (χ1) is 27.9. The molecule has 8 rings (SSSR count). The lowest BCUT2D eigenvalue weighted by Crippen LogP contribution is -2.48. The molecule has 20 heteroatoms. The van der Waals surface area contributed by atoms with Gasteiger partial charge in [-0.05, 0) is 31.0 Å². The average molecular weight is 777 g/mol. The van der Waals surface area contributed by atoms with Crippen molar-refractivity contribution in [2.75, 3.05) is 80.3 Å². The number of aryl methyl sites for hydroxylation is 1. The number of unbranched alkanes of at least 4 members (excludes halogenated alkanes) is 1. The second kappa shape index (κ2) is 17.1. The minimum Gasteiger partial charge on any atom is -0.424 e. The first-order valence-electron chi connectivity index (χ1n) is 19.0. The minimum absolute atomic E-state index is 0.0905. The molecule has 7 heterocycles. The first kappa shape index (κ1) is 37.4. The van der Waals surface area contributed by atoms with Crippen molar-refractivity contribution in [3.05, 3.63) is 59.9 Å². The highest BCUT2D eigenvalue weighted by Gasteiger charge is 2.23. The summed E-state index contributed by atoms with van der Waals surface area (Å²) in [6.45, 7) is 6.57. The summed E-state index contributed by atoms with van der Waals surface area (Å²) in [7, 11) is 0. The van der Waals surface area contributed by atoms with Crippen LogP contribution < -0.4 is 37.2 Å². The van der Waals surface area contributed by atoms with Crippen LogP contribution in [0.5, 0.6) is 0 Å². The fourth-order valence-electron chi connectivity index (χ4n) is 6.88. The van der Waals surface area contributed by atoms with Crippen molar-refractivity contribution >= 4 is 57.7 Å². The predicted molar refractivity (Wildman–Crippen MR) is 211 cm³/mol. The van der Waals surface area contributed by atoms with Gasteiger partial charge in [-0.1, -0.05) is 0 Å².